The topological polar surface area (TPSA) is 103 Å². The first-order valence-corrected chi connectivity index (χ1v) is 12.2. The van der Waals surface area contributed by atoms with E-state index >= 15 is 0 Å². The molecule has 0 saturated carbocycles. The minimum atomic E-state index is -1.01. The van der Waals surface area contributed by atoms with E-state index in [1.165, 1.54) is 0 Å². The van der Waals surface area contributed by atoms with Gasteiger partial charge in [-0.3, -0.25) is 4.79 Å². The molecule has 0 aliphatic carbocycles. The Morgan fingerprint density at radius 3 is 2.54 bits per heavy atom. The van der Waals surface area contributed by atoms with Gasteiger partial charge in [-0.15, -0.1) is 0 Å². The summed E-state index contributed by atoms with van der Waals surface area (Å²) < 4.78 is 6.52. The second-order valence-electron chi connectivity index (χ2n) is 10.3. The number of carboxylic acids is 1. The first-order valence-electron chi connectivity index (χ1n) is 12.2. The number of carbonyl (C=O) groups is 1. The van der Waals surface area contributed by atoms with Crippen LogP contribution in [0.25, 0.3) is 11.0 Å². The lowest BCUT2D eigenvalue weighted by Gasteiger charge is -2.37. The van der Waals surface area contributed by atoms with Crippen molar-refractivity contribution in [3.8, 4) is 0 Å². The van der Waals surface area contributed by atoms with Gasteiger partial charge >= 0.3 is 5.97 Å². The van der Waals surface area contributed by atoms with Crippen molar-refractivity contribution in [2.45, 2.75) is 53.0 Å². The smallest absolute Gasteiger partial charge is 0.337 e. The molecule has 1 aliphatic heterocycles. The van der Waals surface area contributed by atoms with Crippen LogP contribution in [0.2, 0.25) is 0 Å². The largest absolute Gasteiger partial charge is 0.478 e. The molecule has 1 aromatic heterocycles. The van der Waals surface area contributed by atoms with Crippen LogP contribution in [-0.2, 0) is 6.42 Å². The van der Waals surface area contributed by atoms with Gasteiger partial charge in [0.2, 0.25) is 5.88 Å². The molecule has 1 saturated heterocycles. The van der Waals surface area contributed by atoms with Crippen LogP contribution in [0.1, 0.15) is 66.7 Å². The Balaban J connectivity index is 1.83. The summed E-state index contributed by atoms with van der Waals surface area (Å²) in [6, 6.07) is 10.2. The average Bonchev–Trinajstić information content (AvgIpc) is 2.81. The number of anilines is 2. The molecule has 0 amide bonds. The lowest BCUT2D eigenvalue weighted by atomic mass is 9.82. The number of aliphatic hydroxyl groups is 1. The maximum Gasteiger partial charge on any atom is 0.337 e. The van der Waals surface area contributed by atoms with Crippen LogP contribution in [-0.4, -0.2) is 35.9 Å². The second kappa shape index (κ2) is 9.74. The van der Waals surface area contributed by atoms with Crippen LogP contribution in [0.5, 0.6) is 0 Å². The van der Waals surface area contributed by atoms with E-state index in [9.17, 15) is 19.8 Å². The Bertz CT molecular complexity index is 1300. The van der Waals surface area contributed by atoms with Crippen molar-refractivity contribution in [3.05, 3.63) is 68.9 Å². The number of aromatic carboxylic acids is 1. The van der Waals surface area contributed by atoms with Gasteiger partial charge in [0.05, 0.1) is 22.6 Å². The molecule has 35 heavy (non-hydrogen) atoms. The van der Waals surface area contributed by atoms with Crippen LogP contribution in [0, 0.1) is 12.3 Å². The highest BCUT2D eigenvalue weighted by molar-refractivity contribution is 5.94. The Morgan fingerprint density at radius 1 is 1.20 bits per heavy atom. The third-order valence-electron chi connectivity index (χ3n) is 7.00. The minimum Gasteiger partial charge on any atom is -0.478 e. The Hall–Kier alpha value is -3.32. The monoisotopic (exact) mass is 478 g/mol. The summed E-state index contributed by atoms with van der Waals surface area (Å²) >= 11 is 0. The highest BCUT2D eigenvalue weighted by atomic mass is 16.4. The van der Waals surface area contributed by atoms with Crippen LogP contribution in [0.3, 0.4) is 0 Å². The number of carboxylic acid groups (broad SMARTS) is 1. The highest BCUT2D eigenvalue weighted by Gasteiger charge is 2.29. The van der Waals surface area contributed by atoms with E-state index in [0.29, 0.717) is 28.1 Å². The molecule has 1 fully saturated rings. The molecule has 2 aromatic carbocycles. The minimum absolute atomic E-state index is 0.122. The maximum absolute atomic E-state index is 13.6. The van der Waals surface area contributed by atoms with Crippen LogP contribution in [0.4, 0.5) is 11.6 Å². The Kier molecular flexibility index (Phi) is 6.90. The summed E-state index contributed by atoms with van der Waals surface area (Å²) in [6.45, 7) is 9.77. The van der Waals surface area contributed by atoms with Crippen molar-refractivity contribution in [2.24, 2.45) is 5.41 Å². The van der Waals surface area contributed by atoms with E-state index < -0.39 is 5.97 Å². The number of aliphatic hydroxyl groups excluding tert-OH is 1. The van der Waals surface area contributed by atoms with Crippen molar-refractivity contribution in [3.63, 3.8) is 0 Å². The van der Waals surface area contributed by atoms with Crippen molar-refractivity contribution in [2.75, 3.05) is 29.9 Å². The molecule has 1 atom stereocenters. The summed E-state index contributed by atoms with van der Waals surface area (Å²) in [6.07, 6.45) is 2.20. The van der Waals surface area contributed by atoms with Gasteiger partial charge in [-0.05, 0) is 55.9 Å². The first-order chi connectivity index (χ1) is 16.6. The average molecular weight is 479 g/mol. The Morgan fingerprint density at radius 2 is 1.89 bits per heavy atom. The lowest BCUT2D eigenvalue weighted by molar-refractivity contribution is 0.0698. The van der Waals surface area contributed by atoms with E-state index in [4.69, 9.17) is 4.42 Å². The summed E-state index contributed by atoms with van der Waals surface area (Å²) in [7, 11) is 0. The summed E-state index contributed by atoms with van der Waals surface area (Å²) in [4.78, 5) is 27.5. The van der Waals surface area contributed by atoms with E-state index in [0.717, 1.165) is 37.1 Å². The van der Waals surface area contributed by atoms with Gasteiger partial charge in [-0.1, -0.05) is 32.0 Å². The third-order valence-corrected chi connectivity index (χ3v) is 7.00. The SMILES string of the molecule is Cc1cc([C@@H](C)Nc2ccccc2C(=O)O)c2oc(N3CCC(C)(C)CC3)c(CCO)c(=O)c2c1. The van der Waals surface area contributed by atoms with Crippen molar-refractivity contribution in [1.82, 2.24) is 0 Å². The predicted molar refractivity (Wildman–Crippen MR) is 139 cm³/mol. The lowest BCUT2D eigenvalue weighted by Crippen LogP contribution is -2.38. The summed E-state index contributed by atoms with van der Waals surface area (Å²) in [5.74, 6) is -0.472. The number of fused-ring (bicyclic) bond motifs is 1. The standard InChI is InChI=1S/C28H34N2O5/c1-17-15-21(18(2)29-23-8-6-5-7-19(23)27(33)34)25-22(16-17)24(32)20(9-14-31)26(35-25)30-12-10-28(3,4)11-13-30/h5-8,15-16,18,29,31H,9-14H2,1-4H3,(H,33,34)/t18-/m1/s1. The molecule has 2 heterocycles. The second-order valence-corrected chi connectivity index (χ2v) is 10.3. The fraction of sp³-hybridized carbons (Fsp3) is 0.429. The zero-order chi connectivity index (χ0) is 25.3. The fourth-order valence-corrected chi connectivity index (χ4v) is 4.83. The third kappa shape index (κ3) is 5.05. The van der Waals surface area contributed by atoms with Crippen LogP contribution in [0.15, 0.2) is 45.6 Å². The van der Waals surface area contributed by atoms with Gasteiger partial charge in [-0.2, -0.15) is 0 Å². The predicted octanol–water partition coefficient (Wildman–Crippen LogP) is 5.13. The van der Waals surface area contributed by atoms with Gasteiger partial charge in [0.15, 0.2) is 5.43 Å². The number of nitrogens with zero attached hydrogens (tertiary/aromatic N) is 1. The molecule has 7 heteroatoms. The molecule has 0 bridgehead atoms. The number of piperidine rings is 1. The van der Waals surface area contributed by atoms with Crippen molar-refractivity contribution >= 4 is 28.5 Å². The van der Waals surface area contributed by atoms with Crippen LogP contribution >= 0.6 is 0 Å². The summed E-state index contributed by atoms with van der Waals surface area (Å²) in [5, 5.41) is 23.0. The molecule has 3 aromatic rings. The van der Waals surface area contributed by atoms with Gasteiger partial charge in [-0.25, -0.2) is 4.79 Å². The van der Waals surface area contributed by atoms with Crippen molar-refractivity contribution in [1.29, 1.82) is 0 Å². The summed E-state index contributed by atoms with van der Waals surface area (Å²) in [5.41, 5.74) is 3.49. The molecule has 1 aliphatic rings. The molecular weight excluding hydrogens is 444 g/mol. The number of rotatable bonds is 7. The van der Waals surface area contributed by atoms with E-state index in [-0.39, 0.29) is 35.5 Å². The van der Waals surface area contributed by atoms with E-state index in [1.807, 2.05) is 26.0 Å². The zero-order valence-corrected chi connectivity index (χ0v) is 20.9. The molecular formula is C28H34N2O5. The molecule has 0 radical (unpaired) electrons. The molecule has 3 N–H and O–H groups in total. The van der Waals surface area contributed by atoms with E-state index in [2.05, 4.69) is 24.1 Å². The molecule has 186 valence electrons. The van der Waals surface area contributed by atoms with Gasteiger partial charge in [0.25, 0.3) is 0 Å². The molecule has 0 unspecified atom stereocenters. The first kappa shape index (κ1) is 24.8. The Labute approximate surface area is 205 Å². The molecule has 0 spiro atoms. The number of aryl methyl sites for hydroxylation is 1. The zero-order valence-electron chi connectivity index (χ0n) is 20.9. The molecule has 4 rings (SSSR count). The van der Waals surface area contributed by atoms with Gasteiger partial charge in [0.1, 0.15) is 5.58 Å². The van der Waals surface area contributed by atoms with E-state index in [1.54, 1.807) is 24.3 Å². The normalized spacial score (nSPS) is 16.3. The highest BCUT2D eigenvalue weighted by Crippen LogP contribution is 2.36. The number of hydrogen-bond donors (Lipinski definition) is 3. The number of para-hydroxylation sites is 1. The molecule has 7 nitrogen and oxygen atoms in total. The van der Waals surface area contributed by atoms with Crippen LogP contribution < -0.4 is 15.6 Å². The number of benzene rings is 2. The maximum atomic E-state index is 13.6. The van der Waals surface area contributed by atoms with Crippen molar-refractivity contribution < 1.29 is 19.4 Å². The number of nitrogens with one attached hydrogen (secondary N) is 1. The van der Waals surface area contributed by atoms with Gasteiger partial charge in [0, 0.05) is 37.4 Å². The quantitative estimate of drug-likeness (QED) is 0.432. The fourth-order valence-electron chi connectivity index (χ4n) is 4.83. The van der Waals surface area contributed by atoms with Gasteiger partial charge < -0.3 is 24.8 Å². The number of hydrogen-bond acceptors (Lipinski definition) is 6.